The van der Waals surface area contributed by atoms with E-state index in [1.165, 1.54) is 37.0 Å². The first-order valence-electron chi connectivity index (χ1n) is 8.46. The van der Waals surface area contributed by atoms with Gasteiger partial charge in [0.2, 0.25) is 0 Å². The van der Waals surface area contributed by atoms with Gasteiger partial charge in [-0.3, -0.25) is 4.79 Å². The van der Waals surface area contributed by atoms with E-state index in [1.807, 2.05) is 29.0 Å². The fraction of sp³-hybridized carbons (Fsp3) is 0.500. The molecule has 1 amide bonds. The largest absolute Gasteiger partial charge is 0.346 e. The van der Waals surface area contributed by atoms with E-state index in [4.69, 9.17) is 5.73 Å². The maximum absolute atomic E-state index is 12.7. The molecule has 0 spiro atoms. The second-order valence-corrected chi connectivity index (χ2v) is 7.35. The predicted octanol–water partition coefficient (Wildman–Crippen LogP) is 3.24. The summed E-state index contributed by atoms with van der Waals surface area (Å²) in [6.45, 7) is 1.26. The van der Waals surface area contributed by atoms with Crippen LogP contribution in [0.5, 0.6) is 0 Å². The van der Waals surface area contributed by atoms with Gasteiger partial charge in [0.05, 0.1) is 6.54 Å². The summed E-state index contributed by atoms with van der Waals surface area (Å²) < 4.78 is 2.01. The minimum absolute atomic E-state index is 0.00687. The van der Waals surface area contributed by atoms with Crippen molar-refractivity contribution in [2.75, 3.05) is 6.54 Å². The van der Waals surface area contributed by atoms with Crippen molar-refractivity contribution < 1.29 is 4.79 Å². The molecule has 1 saturated carbocycles. The second kappa shape index (κ2) is 7.79. The topological polar surface area (TPSA) is 60.0 Å². The molecule has 1 aliphatic carbocycles. The molecule has 0 aromatic carbocycles. The van der Waals surface area contributed by atoms with Crippen LogP contribution in [-0.4, -0.2) is 23.1 Å². The average Bonchev–Trinajstić information content (AvgIpc) is 3.25. The smallest absolute Gasteiger partial charge is 0.268 e. The minimum Gasteiger partial charge on any atom is -0.346 e. The summed E-state index contributed by atoms with van der Waals surface area (Å²) in [5.41, 5.74) is 6.65. The molecular formula is C18H25N3OS. The molecule has 3 N–H and O–H groups in total. The van der Waals surface area contributed by atoms with Gasteiger partial charge in [-0.05, 0) is 42.3 Å². The maximum Gasteiger partial charge on any atom is 0.268 e. The predicted molar refractivity (Wildman–Crippen MR) is 94.7 cm³/mol. The van der Waals surface area contributed by atoms with Crippen molar-refractivity contribution in [1.82, 2.24) is 9.88 Å². The monoisotopic (exact) mass is 331 g/mol. The fourth-order valence-corrected chi connectivity index (χ4v) is 4.18. The number of aromatic nitrogens is 1. The van der Waals surface area contributed by atoms with E-state index in [0.717, 1.165) is 6.54 Å². The Bertz CT molecular complexity index is 614. The molecule has 4 nitrogen and oxygen atoms in total. The van der Waals surface area contributed by atoms with Gasteiger partial charge in [-0.15, -0.1) is 11.3 Å². The van der Waals surface area contributed by atoms with Crippen LogP contribution in [0.2, 0.25) is 0 Å². The fourth-order valence-electron chi connectivity index (χ4n) is 3.48. The SMILES string of the molecule is NCC(NC(=O)c1cccn1Cc1cccs1)C1CCCCC1. The Balaban J connectivity index is 1.66. The van der Waals surface area contributed by atoms with Crippen LogP contribution in [0, 0.1) is 5.92 Å². The number of nitrogens with two attached hydrogens (primary N) is 1. The van der Waals surface area contributed by atoms with E-state index in [0.29, 0.717) is 18.2 Å². The Morgan fingerprint density at radius 3 is 2.83 bits per heavy atom. The molecule has 1 fully saturated rings. The Morgan fingerprint density at radius 2 is 2.13 bits per heavy atom. The van der Waals surface area contributed by atoms with Crippen LogP contribution in [0.1, 0.15) is 47.5 Å². The Hall–Kier alpha value is -1.59. The zero-order valence-electron chi connectivity index (χ0n) is 13.4. The highest BCUT2D eigenvalue weighted by atomic mass is 32.1. The van der Waals surface area contributed by atoms with E-state index in [1.54, 1.807) is 11.3 Å². The van der Waals surface area contributed by atoms with E-state index in [-0.39, 0.29) is 11.9 Å². The molecule has 0 saturated heterocycles. The van der Waals surface area contributed by atoms with Crippen LogP contribution < -0.4 is 11.1 Å². The summed E-state index contributed by atoms with van der Waals surface area (Å²) in [7, 11) is 0. The van der Waals surface area contributed by atoms with Crippen LogP contribution in [0.3, 0.4) is 0 Å². The minimum atomic E-state index is -0.00687. The first-order valence-corrected chi connectivity index (χ1v) is 9.34. The number of carbonyl (C=O) groups excluding carboxylic acids is 1. The van der Waals surface area contributed by atoms with Crippen molar-refractivity contribution in [2.24, 2.45) is 11.7 Å². The summed E-state index contributed by atoms with van der Waals surface area (Å²) in [5.74, 6) is 0.519. The summed E-state index contributed by atoms with van der Waals surface area (Å²) in [6, 6.07) is 8.04. The number of hydrogen-bond donors (Lipinski definition) is 2. The van der Waals surface area contributed by atoms with Crippen molar-refractivity contribution in [1.29, 1.82) is 0 Å². The Morgan fingerprint density at radius 1 is 1.30 bits per heavy atom. The summed E-state index contributed by atoms with van der Waals surface area (Å²) in [6.07, 6.45) is 8.15. The van der Waals surface area contributed by atoms with Gasteiger partial charge in [-0.2, -0.15) is 0 Å². The average molecular weight is 331 g/mol. The van der Waals surface area contributed by atoms with Crippen molar-refractivity contribution in [3.05, 3.63) is 46.4 Å². The molecule has 2 heterocycles. The third-order valence-corrected chi connectivity index (χ3v) is 5.62. The van der Waals surface area contributed by atoms with Gasteiger partial charge in [-0.1, -0.05) is 25.3 Å². The third kappa shape index (κ3) is 4.03. The Kier molecular flexibility index (Phi) is 5.51. The molecule has 0 radical (unpaired) electrons. The number of rotatable bonds is 6. The molecular weight excluding hydrogens is 306 g/mol. The van der Waals surface area contributed by atoms with Crippen molar-refractivity contribution in [3.63, 3.8) is 0 Å². The highest BCUT2D eigenvalue weighted by molar-refractivity contribution is 7.09. The molecule has 1 unspecified atom stereocenters. The molecule has 1 aliphatic rings. The van der Waals surface area contributed by atoms with Gasteiger partial charge in [0, 0.05) is 23.7 Å². The number of nitrogens with one attached hydrogen (secondary N) is 1. The maximum atomic E-state index is 12.7. The van der Waals surface area contributed by atoms with Crippen LogP contribution in [0.4, 0.5) is 0 Å². The highest BCUT2D eigenvalue weighted by Gasteiger charge is 2.25. The normalized spacial score (nSPS) is 17.1. The second-order valence-electron chi connectivity index (χ2n) is 6.31. The molecule has 3 rings (SSSR count). The number of carbonyl (C=O) groups is 1. The van der Waals surface area contributed by atoms with Gasteiger partial charge in [-0.25, -0.2) is 0 Å². The first-order chi connectivity index (χ1) is 11.3. The van der Waals surface area contributed by atoms with Gasteiger partial charge in [0.15, 0.2) is 0 Å². The number of hydrogen-bond acceptors (Lipinski definition) is 3. The lowest BCUT2D eigenvalue weighted by Gasteiger charge is -2.30. The number of nitrogens with zero attached hydrogens (tertiary/aromatic N) is 1. The van der Waals surface area contributed by atoms with Gasteiger partial charge in [0.25, 0.3) is 5.91 Å². The van der Waals surface area contributed by atoms with Gasteiger partial charge < -0.3 is 15.6 Å². The number of thiophene rings is 1. The molecule has 0 bridgehead atoms. The highest BCUT2D eigenvalue weighted by Crippen LogP contribution is 2.26. The van der Waals surface area contributed by atoms with E-state index < -0.39 is 0 Å². The van der Waals surface area contributed by atoms with Crippen LogP contribution in [-0.2, 0) is 6.54 Å². The first kappa shape index (κ1) is 16.3. The van der Waals surface area contributed by atoms with Crippen molar-refractivity contribution in [2.45, 2.75) is 44.7 Å². The Labute approximate surface area is 141 Å². The van der Waals surface area contributed by atoms with Gasteiger partial charge >= 0.3 is 0 Å². The summed E-state index contributed by atoms with van der Waals surface area (Å²) in [4.78, 5) is 13.9. The van der Waals surface area contributed by atoms with Crippen LogP contribution >= 0.6 is 11.3 Å². The van der Waals surface area contributed by atoms with Crippen LogP contribution in [0.25, 0.3) is 0 Å². The lowest BCUT2D eigenvalue weighted by Crippen LogP contribution is -2.46. The van der Waals surface area contributed by atoms with Crippen LogP contribution in [0.15, 0.2) is 35.8 Å². The molecule has 1 atom stereocenters. The molecule has 2 aromatic rings. The number of amides is 1. The molecule has 23 heavy (non-hydrogen) atoms. The molecule has 0 aliphatic heterocycles. The summed E-state index contributed by atoms with van der Waals surface area (Å²) in [5, 5.41) is 5.24. The quantitative estimate of drug-likeness (QED) is 0.854. The zero-order chi connectivity index (χ0) is 16.1. The van der Waals surface area contributed by atoms with Crippen molar-refractivity contribution >= 4 is 17.2 Å². The standard InChI is InChI=1S/C18H25N3OS/c19-12-16(14-6-2-1-3-7-14)20-18(22)17-9-4-10-21(17)13-15-8-5-11-23-15/h4-5,8-11,14,16H,1-3,6-7,12-13,19H2,(H,20,22). The molecule has 124 valence electrons. The summed E-state index contributed by atoms with van der Waals surface area (Å²) >= 11 is 1.71. The molecule has 2 aromatic heterocycles. The van der Waals surface area contributed by atoms with E-state index in [2.05, 4.69) is 16.8 Å². The third-order valence-electron chi connectivity index (χ3n) is 4.76. The lowest BCUT2D eigenvalue weighted by molar-refractivity contribution is 0.0906. The van der Waals surface area contributed by atoms with E-state index in [9.17, 15) is 4.79 Å². The molecule has 5 heteroatoms. The van der Waals surface area contributed by atoms with E-state index >= 15 is 0 Å². The zero-order valence-corrected chi connectivity index (χ0v) is 14.2. The lowest BCUT2D eigenvalue weighted by atomic mass is 9.84. The van der Waals surface area contributed by atoms with Crippen molar-refractivity contribution in [3.8, 4) is 0 Å². The van der Waals surface area contributed by atoms with Gasteiger partial charge in [0.1, 0.15) is 5.69 Å².